The lowest BCUT2D eigenvalue weighted by atomic mass is 10.0. The van der Waals surface area contributed by atoms with E-state index in [2.05, 4.69) is 64.1 Å². The van der Waals surface area contributed by atoms with E-state index in [-0.39, 0.29) is 12.4 Å². The average molecular weight is 493 g/mol. The van der Waals surface area contributed by atoms with E-state index in [1.165, 1.54) is 27.6 Å². The zero-order valence-electron chi connectivity index (χ0n) is 18.1. The number of pyridine rings is 1. The molecular formula is C27H22Cl2N2OS. The fraction of sp³-hybridized carbons (Fsp3) is 0.148. The monoisotopic (exact) mass is 492 g/mol. The largest absolute Gasteiger partial charge is 1.00 e. The van der Waals surface area contributed by atoms with Gasteiger partial charge < -0.3 is 22.0 Å². The second-order valence-electron chi connectivity index (χ2n) is 8.08. The Balaban J connectivity index is 0.00000228. The SMILES string of the molecule is COc1ccc2c(C=C3Sc4cccc5c4N3CCC5)cc(Cl)[n+](-c3ccccc3)c2c1.[Cl-]. The van der Waals surface area contributed by atoms with E-state index in [1.54, 1.807) is 7.11 Å². The van der Waals surface area contributed by atoms with Crippen molar-refractivity contribution in [2.75, 3.05) is 18.6 Å². The van der Waals surface area contributed by atoms with Gasteiger partial charge in [-0.2, -0.15) is 0 Å². The van der Waals surface area contributed by atoms with Crippen molar-refractivity contribution in [2.24, 2.45) is 0 Å². The topological polar surface area (TPSA) is 16.4 Å². The van der Waals surface area contributed by atoms with Gasteiger partial charge in [0.2, 0.25) is 11.2 Å². The quantitative estimate of drug-likeness (QED) is 0.321. The van der Waals surface area contributed by atoms with Crippen molar-refractivity contribution in [3.05, 3.63) is 94.1 Å². The van der Waals surface area contributed by atoms with Crippen LogP contribution in [0.25, 0.3) is 22.7 Å². The van der Waals surface area contributed by atoms with Crippen molar-refractivity contribution in [3.8, 4) is 11.4 Å². The fourth-order valence-corrected chi connectivity index (χ4v) is 6.23. The third-order valence-corrected chi connectivity index (χ3v) is 7.57. The van der Waals surface area contributed by atoms with Crippen LogP contribution in [0.4, 0.5) is 5.69 Å². The standard InChI is InChI=1S/C27H22ClN2OS.ClH/c1-31-21-12-13-22-19(15-25(28)30(23(22)17-21)20-9-3-2-4-10-20)16-26-29-14-6-8-18-7-5-11-24(32-26)27(18)29;/h2-5,7,9-13,15-17H,6,8,14H2,1H3;1H/q+1;/p-1. The summed E-state index contributed by atoms with van der Waals surface area (Å²) in [6.45, 7) is 1.05. The van der Waals surface area contributed by atoms with Crippen molar-refractivity contribution >= 4 is 46.0 Å². The molecule has 0 atom stereocenters. The Labute approximate surface area is 209 Å². The molecule has 33 heavy (non-hydrogen) atoms. The highest BCUT2D eigenvalue weighted by atomic mass is 35.5. The van der Waals surface area contributed by atoms with E-state index in [9.17, 15) is 0 Å². The summed E-state index contributed by atoms with van der Waals surface area (Å²) in [7, 11) is 1.70. The molecule has 2 aliphatic rings. The molecule has 0 fully saturated rings. The van der Waals surface area contributed by atoms with Gasteiger partial charge in [0.15, 0.2) is 0 Å². The van der Waals surface area contributed by atoms with Crippen LogP contribution in [0, 0.1) is 0 Å². The highest BCUT2D eigenvalue weighted by Gasteiger charge is 2.30. The molecule has 6 rings (SSSR count). The minimum absolute atomic E-state index is 0. The third-order valence-electron chi connectivity index (χ3n) is 6.20. The Morgan fingerprint density at radius 3 is 2.70 bits per heavy atom. The lowest BCUT2D eigenvalue weighted by molar-refractivity contribution is -0.564. The molecule has 3 aromatic carbocycles. The fourth-order valence-electron chi connectivity index (χ4n) is 4.74. The summed E-state index contributed by atoms with van der Waals surface area (Å²) in [6.07, 6.45) is 4.62. The summed E-state index contributed by atoms with van der Waals surface area (Å²) in [5.41, 5.74) is 6.00. The van der Waals surface area contributed by atoms with Gasteiger partial charge in [0.25, 0.3) is 5.15 Å². The van der Waals surface area contributed by atoms with E-state index >= 15 is 0 Å². The summed E-state index contributed by atoms with van der Waals surface area (Å²) >= 11 is 8.75. The first kappa shape index (κ1) is 22.1. The molecule has 0 aliphatic carbocycles. The van der Waals surface area contributed by atoms with Crippen molar-refractivity contribution in [2.45, 2.75) is 17.7 Å². The normalized spacial score (nSPS) is 15.5. The molecule has 2 aliphatic heterocycles. The third kappa shape index (κ3) is 3.76. The number of thioether (sulfide) groups is 1. The first-order valence-electron chi connectivity index (χ1n) is 10.8. The Morgan fingerprint density at radius 1 is 1.03 bits per heavy atom. The second-order valence-corrected chi connectivity index (χ2v) is 9.53. The molecule has 0 N–H and O–H groups in total. The number of ether oxygens (including phenoxy) is 1. The van der Waals surface area contributed by atoms with Crippen molar-refractivity contribution in [1.29, 1.82) is 0 Å². The minimum atomic E-state index is 0. The highest BCUT2D eigenvalue weighted by molar-refractivity contribution is 8.03. The van der Waals surface area contributed by atoms with Crippen LogP contribution < -0.4 is 26.6 Å². The zero-order chi connectivity index (χ0) is 21.7. The lowest BCUT2D eigenvalue weighted by Gasteiger charge is -2.27. The maximum absolute atomic E-state index is 6.89. The minimum Gasteiger partial charge on any atom is -1.00 e. The van der Waals surface area contributed by atoms with Crippen LogP contribution in [-0.4, -0.2) is 13.7 Å². The average Bonchev–Trinajstić information content (AvgIpc) is 3.18. The second kappa shape index (κ2) is 8.94. The van der Waals surface area contributed by atoms with Gasteiger partial charge in [0.1, 0.15) is 5.75 Å². The molecule has 0 saturated carbocycles. The van der Waals surface area contributed by atoms with Crippen LogP contribution in [0.2, 0.25) is 5.15 Å². The smallest absolute Gasteiger partial charge is 0.281 e. The van der Waals surface area contributed by atoms with Crippen molar-refractivity contribution in [1.82, 2.24) is 0 Å². The number of para-hydroxylation sites is 2. The molecule has 0 spiro atoms. The molecule has 0 unspecified atom stereocenters. The number of hydrogen-bond donors (Lipinski definition) is 0. The number of aromatic nitrogens is 1. The Bertz CT molecular complexity index is 1390. The molecule has 0 radical (unpaired) electrons. The summed E-state index contributed by atoms with van der Waals surface area (Å²) in [6, 6.07) is 25.2. The molecule has 1 aromatic heterocycles. The number of halogens is 2. The maximum Gasteiger partial charge on any atom is 0.281 e. The zero-order valence-corrected chi connectivity index (χ0v) is 20.4. The molecule has 4 aromatic rings. The van der Waals surface area contributed by atoms with Crippen LogP contribution in [0.1, 0.15) is 17.5 Å². The van der Waals surface area contributed by atoms with Gasteiger partial charge in [-0.1, -0.05) is 42.1 Å². The molecule has 0 saturated heterocycles. The number of anilines is 1. The highest BCUT2D eigenvalue weighted by Crippen LogP contribution is 2.50. The Hall–Kier alpha value is -2.66. The van der Waals surface area contributed by atoms with Gasteiger partial charge in [-0.05, 0) is 59.8 Å². The molecule has 6 heteroatoms. The van der Waals surface area contributed by atoms with Gasteiger partial charge in [-0.15, -0.1) is 4.57 Å². The number of nitrogens with zero attached hydrogens (tertiary/aromatic N) is 2. The molecule has 3 nitrogen and oxygen atoms in total. The Kier molecular flexibility index (Phi) is 6.00. The number of rotatable bonds is 3. The van der Waals surface area contributed by atoms with Crippen LogP contribution in [0.5, 0.6) is 5.75 Å². The molecule has 0 bridgehead atoms. The van der Waals surface area contributed by atoms with Gasteiger partial charge in [-0.25, -0.2) is 0 Å². The summed E-state index contributed by atoms with van der Waals surface area (Å²) < 4.78 is 7.62. The van der Waals surface area contributed by atoms with Gasteiger partial charge in [-0.3, -0.25) is 0 Å². The molecule has 166 valence electrons. The van der Waals surface area contributed by atoms with Gasteiger partial charge in [0.05, 0.1) is 29.3 Å². The van der Waals surface area contributed by atoms with Gasteiger partial charge >= 0.3 is 0 Å². The predicted octanol–water partition coefficient (Wildman–Crippen LogP) is 3.64. The molecular weight excluding hydrogens is 471 g/mol. The van der Waals surface area contributed by atoms with Crippen molar-refractivity contribution in [3.63, 3.8) is 0 Å². The number of benzene rings is 3. The van der Waals surface area contributed by atoms with E-state index < -0.39 is 0 Å². The molecule has 3 heterocycles. The van der Waals surface area contributed by atoms with Crippen LogP contribution >= 0.6 is 23.4 Å². The van der Waals surface area contributed by atoms with Crippen LogP contribution in [-0.2, 0) is 6.42 Å². The van der Waals surface area contributed by atoms with Crippen molar-refractivity contribution < 1.29 is 21.7 Å². The Morgan fingerprint density at radius 2 is 1.88 bits per heavy atom. The molecule has 0 amide bonds. The van der Waals surface area contributed by atoms with E-state index in [0.29, 0.717) is 5.15 Å². The van der Waals surface area contributed by atoms with Crippen LogP contribution in [0.15, 0.2) is 82.7 Å². The lowest BCUT2D eigenvalue weighted by Crippen LogP contribution is -3.00. The van der Waals surface area contributed by atoms with E-state index in [0.717, 1.165) is 40.9 Å². The summed E-state index contributed by atoms with van der Waals surface area (Å²) in [4.78, 5) is 3.82. The maximum atomic E-state index is 6.89. The summed E-state index contributed by atoms with van der Waals surface area (Å²) in [5.74, 6) is 0.811. The number of methoxy groups -OCH3 is 1. The summed E-state index contributed by atoms with van der Waals surface area (Å²) in [5, 5.41) is 3.07. The van der Waals surface area contributed by atoms with Crippen LogP contribution in [0.3, 0.4) is 0 Å². The first-order chi connectivity index (χ1) is 15.7. The van der Waals surface area contributed by atoms with E-state index in [1.807, 2.05) is 36.0 Å². The predicted molar refractivity (Wildman–Crippen MR) is 133 cm³/mol. The number of aryl methyl sites for hydroxylation is 1. The number of fused-ring (bicyclic) bond motifs is 1. The first-order valence-corrected chi connectivity index (χ1v) is 12.0. The van der Waals surface area contributed by atoms with Gasteiger partial charge in [0, 0.05) is 29.6 Å². The van der Waals surface area contributed by atoms with E-state index in [4.69, 9.17) is 16.3 Å². The number of hydrogen-bond acceptors (Lipinski definition) is 3.